The molecule has 0 fully saturated rings. The van der Waals surface area contributed by atoms with Crippen LogP contribution in [0.25, 0.3) is 11.3 Å². The van der Waals surface area contributed by atoms with Crippen molar-refractivity contribution in [3.8, 4) is 17.0 Å². The maximum Gasteiger partial charge on any atom is 0.258 e. The van der Waals surface area contributed by atoms with Gasteiger partial charge in [-0.15, -0.1) is 0 Å². The van der Waals surface area contributed by atoms with Crippen LogP contribution in [0.5, 0.6) is 5.75 Å². The van der Waals surface area contributed by atoms with Crippen molar-refractivity contribution < 1.29 is 9.53 Å². The lowest BCUT2D eigenvalue weighted by atomic mass is 10.1. The summed E-state index contributed by atoms with van der Waals surface area (Å²) in [4.78, 5) is 20.4. The van der Waals surface area contributed by atoms with E-state index < -0.39 is 0 Å². The summed E-state index contributed by atoms with van der Waals surface area (Å²) in [5, 5.41) is 2.80. The molecule has 0 saturated carbocycles. The maximum absolute atomic E-state index is 12.2. The number of pyridine rings is 1. The minimum absolute atomic E-state index is 0.220. The number of benzene rings is 1. The van der Waals surface area contributed by atoms with Gasteiger partial charge < -0.3 is 9.30 Å². The molecular formula is C17H16N4O2. The third-order valence-corrected chi connectivity index (χ3v) is 3.54. The minimum Gasteiger partial charge on any atom is -0.497 e. The monoisotopic (exact) mass is 308 g/mol. The number of imidazole rings is 1. The molecule has 0 saturated heterocycles. The molecule has 0 aliphatic rings. The van der Waals surface area contributed by atoms with E-state index in [9.17, 15) is 4.79 Å². The largest absolute Gasteiger partial charge is 0.497 e. The van der Waals surface area contributed by atoms with Crippen molar-refractivity contribution in [3.05, 3.63) is 60.6 Å². The predicted molar refractivity (Wildman–Crippen MR) is 87.4 cm³/mol. The molecule has 6 heteroatoms. The molecule has 0 bridgehead atoms. The summed E-state index contributed by atoms with van der Waals surface area (Å²) in [6, 6.07) is 11.0. The summed E-state index contributed by atoms with van der Waals surface area (Å²) in [6.45, 7) is 0. The van der Waals surface area contributed by atoms with Gasteiger partial charge in [0.25, 0.3) is 5.91 Å². The van der Waals surface area contributed by atoms with Crippen molar-refractivity contribution >= 4 is 11.9 Å². The summed E-state index contributed by atoms with van der Waals surface area (Å²) < 4.78 is 6.99. The Hall–Kier alpha value is -3.15. The van der Waals surface area contributed by atoms with Crippen LogP contribution in [0.15, 0.2) is 55.0 Å². The Morgan fingerprint density at radius 2 is 1.83 bits per heavy atom. The highest BCUT2D eigenvalue weighted by atomic mass is 16.5. The number of rotatable bonds is 4. The van der Waals surface area contributed by atoms with Gasteiger partial charge in [0, 0.05) is 30.6 Å². The molecule has 2 heterocycles. The van der Waals surface area contributed by atoms with Crippen LogP contribution >= 0.6 is 0 Å². The van der Waals surface area contributed by atoms with Crippen molar-refractivity contribution in [2.75, 3.05) is 12.4 Å². The van der Waals surface area contributed by atoms with E-state index in [1.165, 1.54) is 0 Å². The summed E-state index contributed by atoms with van der Waals surface area (Å²) in [6.07, 6.45) is 4.89. The Morgan fingerprint density at radius 1 is 1.13 bits per heavy atom. The lowest BCUT2D eigenvalue weighted by molar-refractivity contribution is 0.102. The van der Waals surface area contributed by atoms with Crippen LogP contribution in [0.1, 0.15) is 10.4 Å². The maximum atomic E-state index is 12.2. The highest BCUT2D eigenvalue weighted by molar-refractivity contribution is 6.03. The fraction of sp³-hybridized carbons (Fsp3) is 0.118. The van der Waals surface area contributed by atoms with Crippen LogP contribution in [0.4, 0.5) is 5.95 Å². The number of methoxy groups -OCH3 is 1. The molecule has 0 spiro atoms. The summed E-state index contributed by atoms with van der Waals surface area (Å²) in [5.41, 5.74) is 2.43. The molecule has 0 unspecified atom stereocenters. The number of amides is 1. The van der Waals surface area contributed by atoms with Crippen molar-refractivity contribution in [2.24, 2.45) is 7.05 Å². The Bertz CT molecular complexity index is 810. The molecule has 6 nitrogen and oxygen atoms in total. The molecule has 23 heavy (non-hydrogen) atoms. The Labute approximate surface area is 133 Å². The first-order valence-corrected chi connectivity index (χ1v) is 7.06. The average molecular weight is 308 g/mol. The number of ether oxygens (including phenoxy) is 1. The predicted octanol–water partition coefficient (Wildman–Crippen LogP) is 2.74. The zero-order valence-electron chi connectivity index (χ0n) is 12.9. The standard InChI is InChI=1S/C17H16N4O2/c1-21-15(12-3-5-14(23-2)6-4-12)11-19-17(21)20-16(22)13-7-9-18-10-8-13/h3-11H,1-2H3,(H,19,20,22). The normalized spacial score (nSPS) is 10.3. The van der Waals surface area contributed by atoms with Crippen LogP contribution in [-0.4, -0.2) is 27.6 Å². The van der Waals surface area contributed by atoms with E-state index in [1.54, 1.807) is 37.8 Å². The van der Waals surface area contributed by atoms with Crippen LogP contribution in [0, 0.1) is 0 Å². The van der Waals surface area contributed by atoms with E-state index >= 15 is 0 Å². The van der Waals surface area contributed by atoms with Gasteiger partial charge in [0.15, 0.2) is 0 Å². The molecule has 116 valence electrons. The quantitative estimate of drug-likeness (QED) is 0.804. The molecular weight excluding hydrogens is 292 g/mol. The molecule has 2 aromatic heterocycles. The first-order chi connectivity index (χ1) is 11.2. The van der Waals surface area contributed by atoms with Gasteiger partial charge in [0.1, 0.15) is 5.75 Å². The van der Waals surface area contributed by atoms with Crippen molar-refractivity contribution in [1.82, 2.24) is 14.5 Å². The zero-order valence-corrected chi connectivity index (χ0v) is 12.9. The van der Waals surface area contributed by atoms with E-state index in [0.717, 1.165) is 17.0 Å². The van der Waals surface area contributed by atoms with Gasteiger partial charge in [-0.2, -0.15) is 0 Å². The van der Waals surface area contributed by atoms with Gasteiger partial charge >= 0.3 is 0 Å². The van der Waals surface area contributed by atoms with Gasteiger partial charge in [-0.1, -0.05) is 0 Å². The number of hydrogen-bond donors (Lipinski definition) is 1. The third kappa shape index (κ3) is 3.06. The summed E-state index contributed by atoms with van der Waals surface area (Å²) >= 11 is 0. The molecule has 0 aliphatic carbocycles. The van der Waals surface area contributed by atoms with Crippen LogP contribution in [0.2, 0.25) is 0 Å². The molecule has 1 N–H and O–H groups in total. The lowest BCUT2D eigenvalue weighted by Gasteiger charge is -2.08. The highest BCUT2D eigenvalue weighted by Gasteiger charge is 2.12. The fourth-order valence-electron chi connectivity index (χ4n) is 2.23. The molecule has 1 aromatic carbocycles. The molecule has 0 atom stereocenters. The van der Waals surface area contributed by atoms with E-state index in [2.05, 4.69) is 15.3 Å². The SMILES string of the molecule is COc1ccc(-c2cnc(NC(=O)c3ccncc3)n2C)cc1. The van der Waals surface area contributed by atoms with Crippen LogP contribution in [-0.2, 0) is 7.05 Å². The fourth-order valence-corrected chi connectivity index (χ4v) is 2.23. The average Bonchev–Trinajstić information content (AvgIpc) is 2.96. The molecule has 0 radical (unpaired) electrons. The van der Waals surface area contributed by atoms with Gasteiger partial charge in [0.2, 0.25) is 5.95 Å². The Balaban J connectivity index is 1.83. The number of carbonyl (C=O) groups is 1. The number of carbonyl (C=O) groups excluding carboxylic acids is 1. The van der Waals surface area contributed by atoms with E-state index in [4.69, 9.17) is 4.74 Å². The second-order valence-electron chi connectivity index (χ2n) is 4.94. The van der Waals surface area contributed by atoms with Gasteiger partial charge in [-0.25, -0.2) is 4.98 Å². The minimum atomic E-state index is -0.220. The molecule has 0 aliphatic heterocycles. The number of nitrogens with zero attached hydrogens (tertiary/aromatic N) is 3. The highest BCUT2D eigenvalue weighted by Crippen LogP contribution is 2.24. The van der Waals surface area contributed by atoms with Gasteiger partial charge in [-0.05, 0) is 36.4 Å². The number of hydrogen-bond acceptors (Lipinski definition) is 4. The summed E-state index contributed by atoms with van der Waals surface area (Å²) in [5.74, 6) is 1.06. The van der Waals surface area contributed by atoms with Crippen molar-refractivity contribution in [3.63, 3.8) is 0 Å². The lowest BCUT2D eigenvalue weighted by Crippen LogP contribution is -2.15. The van der Waals surface area contributed by atoms with Gasteiger partial charge in [0.05, 0.1) is 19.0 Å². The first kappa shape index (κ1) is 14.8. The molecule has 3 rings (SSSR count). The third-order valence-electron chi connectivity index (χ3n) is 3.54. The number of anilines is 1. The van der Waals surface area contributed by atoms with Crippen LogP contribution in [0.3, 0.4) is 0 Å². The van der Waals surface area contributed by atoms with Gasteiger partial charge in [-0.3, -0.25) is 15.1 Å². The number of aromatic nitrogens is 3. The zero-order chi connectivity index (χ0) is 16.2. The molecule has 3 aromatic rings. The second-order valence-corrected chi connectivity index (χ2v) is 4.94. The van der Waals surface area contributed by atoms with E-state index in [0.29, 0.717) is 11.5 Å². The van der Waals surface area contributed by atoms with E-state index in [-0.39, 0.29) is 5.91 Å². The van der Waals surface area contributed by atoms with Crippen molar-refractivity contribution in [1.29, 1.82) is 0 Å². The topological polar surface area (TPSA) is 69.0 Å². The summed E-state index contributed by atoms with van der Waals surface area (Å²) in [7, 11) is 3.49. The van der Waals surface area contributed by atoms with Crippen LogP contribution < -0.4 is 10.1 Å². The smallest absolute Gasteiger partial charge is 0.258 e. The Kier molecular flexibility index (Phi) is 4.05. The van der Waals surface area contributed by atoms with E-state index in [1.807, 2.05) is 35.9 Å². The Morgan fingerprint density at radius 3 is 2.48 bits per heavy atom. The van der Waals surface area contributed by atoms with Crippen molar-refractivity contribution in [2.45, 2.75) is 0 Å². The molecule has 1 amide bonds. The number of nitrogens with one attached hydrogen (secondary N) is 1. The first-order valence-electron chi connectivity index (χ1n) is 7.06. The second kappa shape index (κ2) is 6.31.